The second kappa shape index (κ2) is 9.79. The number of methoxy groups -OCH3 is 1. The van der Waals surface area contributed by atoms with E-state index in [9.17, 15) is 4.79 Å². The van der Waals surface area contributed by atoms with Crippen molar-refractivity contribution >= 4 is 23.5 Å². The minimum atomic E-state index is -0.346. The van der Waals surface area contributed by atoms with E-state index < -0.39 is 0 Å². The molecule has 33 heavy (non-hydrogen) atoms. The molecule has 1 N–H and O–H groups in total. The number of rotatable bonds is 9. The maximum Gasteiger partial charge on any atom is 0.227 e. The molecule has 2 aliphatic rings. The van der Waals surface area contributed by atoms with Gasteiger partial charge in [-0.15, -0.1) is 5.10 Å². The number of fused-ring (bicyclic) bond motifs is 1. The van der Waals surface area contributed by atoms with E-state index in [1.165, 1.54) is 0 Å². The number of allylic oxidation sites excluding steroid dienone is 2. The predicted octanol–water partition coefficient (Wildman–Crippen LogP) is 5.63. The lowest BCUT2D eigenvalue weighted by molar-refractivity contribution is -0.118. The Labute approximate surface area is 200 Å². The molecule has 0 amide bonds. The number of Topliss-reactive ketones (excluding diaryl/α,β-unsaturated/α-hetero) is 1. The van der Waals surface area contributed by atoms with Crippen LogP contribution in [0.1, 0.15) is 71.4 Å². The highest BCUT2D eigenvalue weighted by atomic mass is 32.2. The molecule has 0 saturated heterocycles. The van der Waals surface area contributed by atoms with Crippen LogP contribution in [0.15, 0.2) is 34.6 Å². The van der Waals surface area contributed by atoms with Crippen molar-refractivity contribution in [1.82, 2.24) is 14.8 Å². The minimum Gasteiger partial charge on any atom is -0.493 e. The number of unbranched alkanes of at least 4 members (excludes halogenated alkanes) is 2. The van der Waals surface area contributed by atoms with Crippen LogP contribution in [0.2, 0.25) is 0 Å². The van der Waals surface area contributed by atoms with Gasteiger partial charge in [0.15, 0.2) is 17.3 Å². The highest BCUT2D eigenvalue weighted by molar-refractivity contribution is 7.99. The van der Waals surface area contributed by atoms with Crippen molar-refractivity contribution < 1.29 is 14.3 Å². The Morgan fingerprint density at radius 3 is 2.76 bits per heavy atom. The maximum atomic E-state index is 13.4. The Morgan fingerprint density at radius 2 is 2.03 bits per heavy atom. The van der Waals surface area contributed by atoms with Crippen LogP contribution in [-0.2, 0) is 4.79 Å². The van der Waals surface area contributed by atoms with E-state index >= 15 is 0 Å². The number of carbonyl (C=O) groups excluding carboxylic acids is 1. The van der Waals surface area contributed by atoms with Gasteiger partial charge < -0.3 is 14.8 Å². The summed E-state index contributed by atoms with van der Waals surface area (Å²) in [7, 11) is 1.65. The number of thioether (sulfide) groups is 1. The third kappa shape index (κ3) is 4.90. The highest BCUT2D eigenvalue weighted by Gasteiger charge is 2.42. The van der Waals surface area contributed by atoms with Crippen molar-refractivity contribution in [3.05, 3.63) is 35.0 Å². The summed E-state index contributed by atoms with van der Waals surface area (Å²) < 4.78 is 13.5. The topological polar surface area (TPSA) is 78.3 Å². The lowest BCUT2D eigenvalue weighted by Gasteiger charge is -2.38. The van der Waals surface area contributed by atoms with Gasteiger partial charge in [0, 0.05) is 17.7 Å². The maximum absolute atomic E-state index is 13.4. The zero-order chi connectivity index (χ0) is 23.6. The van der Waals surface area contributed by atoms with Crippen molar-refractivity contribution in [3.63, 3.8) is 0 Å². The molecule has 8 heteroatoms. The monoisotopic (exact) mass is 470 g/mol. The first-order valence-corrected chi connectivity index (χ1v) is 12.8. The van der Waals surface area contributed by atoms with E-state index in [1.54, 1.807) is 18.9 Å². The molecule has 0 radical (unpaired) electrons. The molecular formula is C25H34N4O3S. The average molecular weight is 471 g/mol. The van der Waals surface area contributed by atoms with Gasteiger partial charge in [0.05, 0.1) is 13.7 Å². The van der Waals surface area contributed by atoms with Crippen molar-refractivity contribution in [2.24, 2.45) is 5.41 Å². The SMILES string of the molecule is CCCCCOc1ccc(C2C3=C(CC(C)(C)CC3=O)Nc3nc(SCC)nn32)cc1OC. The largest absolute Gasteiger partial charge is 0.493 e. The Balaban J connectivity index is 1.75. The lowest BCUT2D eigenvalue weighted by Crippen LogP contribution is -2.36. The quantitative estimate of drug-likeness (QED) is 0.376. The standard InChI is InChI=1S/C25H34N4O3S/c1-6-8-9-12-32-19-11-10-16(13-20(19)31-5)22-21-17(14-25(3,4)15-18(21)30)26-23-27-24(33-7-2)28-29(22)23/h10-11,13,22H,6-9,12,14-15H2,1-5H3,(H,26,27,28). The first kappa shape index (κ1) is 23.7. The molecular weight excluding hydrogens is 436 g/mol. The normalized spacial score (nSPS) is 19.1. The first-order valence-electron chi connectivity index (χ1n) is 11.8. The van der Waals surface area contributed by atoms with E-state index in [-0.39, 0.29) is 17.2 Å². The second-order valence-corrected chi connectivity index (χ2v) is 10.7. The molecule has 0 spiro atoms. The van der Waals surface area contributed by atoms with Crippen molar-refractivity contribution in [2.45, 2.75) is 71.0 Å². The zero-order valence-corrected chi connectivity index (χ0v) is 21.1. The molecule has 0 fully saturated rings. The Hall–Kier alpha value is -2.48. The fraction of sp³-hybridized carbons (Fsp3) is 0.560. The number of anilines is 1. The van der Waals surface area contributed by atoms with Crippen LogP contribution in [0.5, 0.6) is 11.5 Å². The summed E-state index contributed by atoms with van der Waals surface area (Å²) in [6.07, 6.45) is 4.61. The number of ketones is 1. The third-order valence-electron chi connectivity index (χ3n) is 6.09. The summed E-state index contributed by atoms with van der Waals surface area (Å²) in [5.41, 5.74) is 2.57. The summed E-state index contributed by atoms with van der Waals surface area (Å²) in [5.74, 6) is 3.10. The number of nitrogens with one attached hydrogen (secondary N) is 1. The van der Waals surface area contributed by atoms with Gasteiger partial charge in [-0.2, -0.15) is 4.98 Å². The molecule has 4 rings (SSSR count). The van der Waals surface area contributed by atoms with Crippen molar-refractivity contribution in [2.75, 3.05) is 24.8 Å². The second-order valence-electron chi connectivity index (χ2n) is 9.42. The molecule has 7 nitrogen and oxygen atoms in total. The van der Waals surface area contributed by atoms with Gasteiger partial charge in [0.25, 0.3) is 0 Å². The Morgan fingerprint density at radius 1 is 1.21 bits per heavy atom. The highest BCUT2D eigenvalue weighted by Crippen LogP contribution is 2.46. The van der Waals surface area contributed by atoms with Crippen LogP contribution in [0.3, 0.4) is 0 Å². The van der Waals surface area contributed by atoms with Gasteiger partial charge in [-0.05, 0) is 41.7 Å². The fourth-order valence-corrected chi connectivity index (χ4v) is 5.15. The molecule has 178 valence electrons. The van der Waals surface area contributed by atoms with Crippen LogP contribution in [0, 0.1) is 5.41 Å². The smallest absolute Gasteiger partial charge is 0.227 e. The van der Waals surface area contributed by atoms with Gasteiger partial charge in [-0.1, -0.05) is 58.4 Å². The van der Waals surface area contributed by atoms with E-state index in [0.29, 0.717) is 29.9 Å². The van der Waals surface area contributed by atoms with E-state index in [4.69, 9.17) is 19.6 Å². The first-order chi connectivity index (χ1) is 15.9. The summed E-state index contributed by atoms with van der Waals surface area (Å²) in [6.45, 7) is 9.18. The molecule has 2 aromatic rings. The van der Waals surface area contributed by atoms with Crippen molar-refractivity contribution in [1.29, 1.82) is 0 Å². The summed E-state index contributed by atoms with van der Waals surface area (Å²) in [5, 5.41) is 8.89. The van der Waals surface area contributed by atoms with Gasteiger partial charge >= 0.3 is 0 Å². The summed E-state index contributed by atoms with van der Waals surface area (Å²) >= 11 is 1.59. The molecule has 1 aliphatic carbocycles. The third-order valence-corrected chi connectivity index (χ3v) is 6.81. The molecule has 1 aromatic carbocycles. The molecule has 1 aromatic heterocycles. The number of ether oxygens (including phenoxy) is 2. The lowest BCUT2D eigenvalue weighted by atomic mass is 9.73. The van der Waals surface area contributed by atoms with Crippen LogP contribution in [0.4, 0.5) is 5.95 Å². The molecule has 0 bridgehead atoms. The van der Waals surface area contributed by atoms with E-state index in [1.807, 2.05) is 22.9 Å². The molecule has 1 unspecified atom stereocenters. The van der Waals surface area contributed by atoms with Crippen LogP contribution < -0.4 is 14.8 Å². The van der Waals surface area contributed by atoms with E-state index in [2.05, 4.69) is 33.0 Å². The van der Waals surface area contributed by atoms with E-state index in [0.717, 1.165) is 54.0 Å². The molecule has 1 atom stereocenters. The number of aromatic nitrogens is 3. The van der Waals surface area contributed by atoms with Crippen LogP contribution >= 0.6 is 11.8 Å². The molecule has 1 aliphatic heterocycles. The van der Waals surface area contributed by atoms with Gasteiger partial charge in [-0.25, -0.2) is 4.68 Å². The summed E-state index contributed by atoms with van der Waals surface area (Å²) in [4.78, 5) is 18.1. The fourth-order valence-electron chi connectivity index (χ4n) is 4.60. The Bertz CT molecular complexity index is 1060. The van der Waals surface area contributed by atoms with Gasteiger partial charge in [-0.3, -0.25) is 4.79 Å². The molecule has 0 saturated carbocycles. The number of benzene rings is 1. The Kier molecular flexibility index (Phi) is 7.02. The number of hydrogen-bond acceptors (Lipinski definition) is 7. The van der Waals surface area contributed by atoms with Gasteiger partial charge in [0.2, 0.25) is 11.1 Å². The predicted molar refractivity (Wildman–Crippen MR) is 131 cm³/mol. The van der Waals surface area contributed by atoms with Gasteiger partial charge in [0.1, 0.15) is 6.04 Å². The molecule has 2 heterocycles. The minimum absolute atomic E-state index is 0.0927. The zero-order valence-electron chi connectivity index (χ0n) is 20.2. The number of carbonyl (C=O) groups is 1. The summed E-state index contributed by atoms with van der Waals surface area (Å²) in [6, 6.07) is 5.59. The van der Waals surface area contributed by atoms with Crippen molar-refractivity contribution in [3.8, 4) is 11.5 Å². The number of nitrogens with zero attached hydrogens (tertiary/aromatic N) is 3. The van der Waals surface area contributed by atoms with Crippen LogP contribution in [0.25, 0.3) is 0 Å². The van der Waals surface area contributed by atoms with Crippen LogP contribution in [-0.4, -0.2) is 40.0 Å². The number of hydrogen-bond donors (Lipinski definition) is 1. The average Bonchev–Trinajstić information content (AvgIpc) is 3.16.